The molecule has 0 saturated carbocycles. The number of aryl methyl sites for hydroxylation is 3. The lowest BCUT2D eigenvalue weighted by atomic mass is 10.0. The number of hydrogen-bond acceptors (Lipinski definition) is 33. The lowest BCUT2D eigenvalue weighted by molar-refractivity contribution is -0.432. The number of thioether (sulfide) groups is 1. The van der Waals surface area contributed by atoms with Crippen LogP contribution in [0.4, 0.5) is 10.7 Å². The van der Waals surface area contributed by atoms with Gasteiger partial charge in [0.05, 0.1) is 53.5 Å². The van der Waals surface area contributed by atoms with Crippen molar-refractivity contribution in [3.8, 4) is 5.75 Å². The Kier molecular flexibility index (Phi) is 65.2. The van der Waals surface area contributed by atoms with E-state index in [1.807, 2.05) is 0 Å². The maximum Gasteiger partial charge on any atom is 0.407 e. The van der Waals surface area contributed by atoms with Gasteiger partial charge in [0, 0.05) is 152 Å². The first-order chi connectivity index (χ1) is 67.8. The Morgan fingerprint density at radius 1 is 0.617 bits per heavy atom. The van der Waals surface area contributed by atoms with Gasteiger partial charge >= 0.3 is 31.6 Å². The number of H-pyrrole nitrogens is 1. The molecule has 1 aliphatic heterocycles. The highest BCUT2D eigenvalue weighted by Gasteiger charge is 2.39. The highest BCUT2D eigenvalue weighted by molar-refractivity contribution is 8.01. The molecule has 47 heteroatoms. The molecular formula is C94H152N13O29PS4. The number of nitrogens with zero attached hydrogens (tertiary/aromatic N) is 3. The van der Waals surface area contributed by atoms with E-state index in [2.05, 4.69) is 89.8 Å². The molecular weight excluding hydrogens is 1930 g/mol. The number of carboxylic acids is 1. The first-order valence-electron chi connectivity index (χ1n) is 49.0. The number of esters is 2. The van der Waals surface area contributed by atoms with Crippen molar-refractivity contribution in [2.45, 2.75) is 301 Å². The van der Waals surface area contributed by atoms with Gasteiger partial charge in [0.15, 0.2) is 12.1 Å². The van der Waals surface area contributed by atoms with E-state index in [0.29, 0.717) is 54.9 Å². The van der Waals surface area contributed by atoms with Gasteiger partial charge in [-0.1, -0.05) is 217 Å². The van der Waals surface area contributed by atoms with Crippen LogP contribution in [0.2, 0.25) is 0 Å². The minimum atomic E-state index is -4.49. The molecule has 13 N–H and O–H groups in total. The molecule has 1 aliphatic rings. The quantitative estimate of drug-likeness (QED) is 0.00285. The standard InChI is InChI=1S/C55H101N4O13PS.C39H51N9O16S3/c1-5-7-9-11-13-15-17-19-21-23-25-27-29-31-33-35-52(63)69-44-47(72-53(64)36-34-32-30-28-26-24-22-20-18-16-14-12-10-8-6-2)45-71-73(4,67)70-42-39-58-55(66)68-41-38-57-49(60)37-40-59-51(62)43-48(54(59)65)74-46-50(61)56-3;1-22-14-26(60-13-5-6-32(49)40-9-10-41-37(53)30(21-66-64-62-57)46-35(51)24(3)20-65-63-61-56)15-23(2)34(22)67(58,59)47-29(38(54)55)18-44-36(52)28-19-48(4)31-16-25(7-8-27(31)33(28)50)17-45-39-42-11-12-43-39/h47-48H,5-46H2,1-4H3,(H,56,61)(H,57,60)(H,58,66);7-8,11-12,14-16,19,24,29-30,47,56-57H,5-6,9-10,13,17-18,20-21H2,1-4H3,(H,40,49)(H,41,53)(H,44,52)(H,46,51)(H,54,55)(H2,42,43,45)/t47-,48?,73?;24-,29-,30-/m10/s1. The number of pyridine rings is 1. The third kappa shape index (κ3) is 54.5. The van der Waals surface area contributed by atoms with Crippen LogP contribution in [0, 0.1) is 19.8 Å². The fourth-order valence-electron chi connectivity index (χ4n) is 14.8. The second kappa shape index (κ2) is 73.9. The van der Waals surface area contributed by atoms with Crippen molar-refractivity contribution in [3.05, 3.63) is 81.4 Å². The van der Waals surface area contributed by atoms with Gasteiger partial charge in [-0.25, -0.2) is 28.7 Å². The summed E-state index contributed by atoms with van der Waals surface area (Å²) < 4.78 is 85.6. The summed E-state index contributed by atoms with van der Waals surface area (Å²) in [7, 11) is -5.06. The second-order valence-electron chi connectivity index (χ2n) is 34.5. The van der Waals surface area contributed by atoms with E-state index in [4.69, 9.17) is 38.5 Å². The smallest absolute Gasteiger partial charge is 0.407 e. The minimum Gasteiger partial charge on any atom is -0.494 e. The maximum atomic E-state index is 13.6. The Hall–Kier alpha value is -9.03. The molecule has 2 aromatic carbocycles. The van der Waals surface area contributed by atoms with Gasteiger partial charge in [-0.2, -0.15) is 4.72 Å². The molecule has 1 saturated heterocycles. The largest absolute Gasteiger partial charge is 0.494 e. The number of anilines is 1. The molecule has 3 heterocycles. The Balaban J connectivity index is 0.000000591. The summed E-state index contributed by atoms with van der Waals surface area (Å²) in [4.78, 5) is 171. The predicted octanol–water partition coefficient (Wildman–Crippen LogP) is 13.0. The van der Waals surface area contributed by atoms with Crippen molar-refractivity contribution in [2.24, 2.45) is 13.0 Å². The topological polar surface area (TPSA) is 571 Å². The Morgan fingerprint density at radius 2 is 1.17 bits per heavy atom. The average Bonchev–Trinajstić information content (AvgIpc) is 1.15. The van der Waals surface area contributed by atoms with E-state index >= 15 is 0 Å². The lowest BCUT2D eigenvalue weighted by Gasteiger charge is -2.21. The molecule has 5 rings (SSSR count). The minimum absolute atomic E-state index is 0.00589. The number of imidazole rings is 1. The SMILES string of the molecule is CCCCCCCCCCCCCCCCCC(=O)OC[C@H](COP(C)(=O)OCCNC(=O)OCCNC(=O)CCN1C(=O)CC(SCC(=O)NC)C1=O)OC(=O)CCCCCCCCCCCCCCCCC.Cc1cc(OCCCC(=O)NCCNC(=O)[C@H](CSOOO)NC(=O)[C@@H](C)CSOOO)cc(C)c1S(=O)(=O)N[C@@H](CNC(=O)c1cn(C)c2cc(CNc3ncc[nH]3)ccc2c1=O)C(=O)O. The number of unbranched alkanes of at least 4 members (excludes halogenated alkanes) is 28. The number of nitrogens with one attached hydrogen (secondary N) is 10. The fraction of sp³-hybridized carbons (Fsp3) is 0.681. The van der Waals surface area contributed by atoms with Gasteiger partial charge in [0.1, 0.15) is 36.6 Å². The number of likely N-dealkylation sites (tertiary alicyclic amines) is 1. The fourth-order valence-corrected chi connectivity index (χ4v) is 19.3. The number of imide groups is 1. The van der Waals surface area contributed by atoms with E-state index in [0.717, 1.165) is 60.8 Å². The normalized spacial score (nSPS) is 13.7. The van der Waals surface area contributed by atoms with Crippen LogP contribution in [0.25, 0.3) is 10.9 Å². The number of carbonyl (C=O) groups excluding carboxylic acids is 11. The van der Waals surface area contributed by atoms with Gasteiger partial charge in [-0.3, -0.25) is 67.0 Å². The number of hydrogen-bond donors (Lipinski definition) is 13. The summed E-state index contributed by atoms with van der Waals surface area (Å²) in [6, 6.07) is 5.02. The van der Waals surface area contributed by atoms with E-state index in [9.17, 15) is 80.4 Å². The number of amides is 9. The molecule has 1 fully saturated rings. The van der Waals surface area contributed by atoms with Crippen LogP contribution in [0.15, 0.2) is 58.6 Å². The highest BCUT2D eigenvalue weighted by atomic mass is 32.2. The summed E-state index contributed by atoms with van der Waals surface area (Å²) in [5.41, 5.74) is 0.955. The van der Waals surface area contributed by atoms with Gasteiger partial charge in [-0.15, -0.1) is 20.4 Å². The van der Waals surface area contributed by atoms with Crippen LogP contribution in [-0.2, 0) is 118 Å². The van der Waals surface area contributed by atoms with Crippen LogP contribution in [0.5, 0.6) is 5.75 Å². The molecule has 6 atom stereocenters. The Bertz CT molecular complexity index is 4620. The van der Waals surface area contributed by atoms with Crippen molar-refractivity contribution >= 4 is 142 Å². The zero-order chi connectivity index (χ0) is 103. The van der Waals surface area contributed by atoms with E-state index < -0.39 is 118 Å². The summed E-state index contributed by atoms with van der Waals surface area (Å²) in [5.74, 6) is -6.23. The molecule has 0 spiro atoms. The third-order valence-corrected chi connectivity index (χ3v) is 28.2. The van der Waals surface area contributed by atoms with Crippen molar-refractivity contribution in [3.63, 3.8) is 0 Å². The summed E-state index contributed by atoms with van der Waals surface area (Å²) in [6.45, 7) is 8.94. The number of aromatic nitrogens is 3. The number of rotatable bonds is 80. The molecule has 0 radical (unpaired) electrons. The van der Waals surface area contributed by atoms with Crippen molar-refractivity contribution in [1.29, 1.82) is 0 Å². The molecule has 2 unspecified atom stereocenters. The van der Waals surface area contributed by atoms with E-state index in [1.165, 1.54) is 194 Å². The Labute approximate surface area is 840 Å². The number of sulfonamides is 1. The number of carbonyl (C=O) groups is 12. The van der Waals surface area contributed by atoms with E-state index in [1.54, 1.807) is 42.2 Å². The van der Waals surface area contributed by atoms with Crippen molar-refractivity contribution in [1.82, 2.24) is 61.4 Å². The van der Waals surface area contributed by atoms with Crippen LogP contribution >= 0.6 is 43.4 Å². The van der Waals surface area contributed by atoms with Crippen LogP contribution in [-0.4, -0.2) is 241 Å². The zero-order valence-electron chi connectivity index (χ0n) is 82.9. The molecule has 2 aromatic heterocycles. The second-order valence-corrected chi connectivity index (χ2v) is 40.8. The monoisotopic (exact) mass is 2090 g/mol. The zero-order valence-corrected chi connectivity index (χ0v) is 87.1. The van der Waals surface area contributed by atoms with Gasteiger partial charge < -0.3 is 85.2 Å². The van der Waals surface area contributed by atoms with Crippen LogP contribution in [0.3, 0.4) is 0 Å². The van der Waals surface area contributed by atoms with Gasteiger partial charge in [-0.05, 0) is 74.1 Å². The molecule has 0 aliphatic carbocycles. The molecule has 4 aromatic rings. The molecule has 141 heavy (non-hydrogen) atoms. The molecule has 796 valence electrons. The van der Waals surface area contributed by atoms with Crippen LogP contribution < -0.4 is 57.4 Å². The number of aliphatic carboxylic acids is 1. The van der Waals surface area contributed by atoms with Crippen molar-refractivity contribution in [2.75, 3.05) is 109 Å². The molecule has 0 bridgehead atoms. The number of fused-ring (bicyclic) bond motifs is 1. The number of carboxylic acid groups (broad SMARTS) is 1. The first-order valence-corrected chi connectivity index (χ1v) is 55.3. The summed E-state index contributed by atoms with van der Waals surface area (Å²) >= 11 is 2.28. The molecule has 9 amide bonds. The Morgan fingerprint density at radius 3 is 1.74 bits per heavy atom. The van der Waals surface area contributed by atoms with E-state index in [-0.39, 0.29) is 166 Å². The lowest BCUT2D eigenvalue weighted by Crippen LogP contribution is -2.51. The maximum absolute atomic E-state index is 13.6. The van der Waals surface area contributed by atoms with Crippen LogP contribution in [0.1, 0.15) is 279 Å². The third-order valence-electron chi connectivity index (χ3n) is 22.6. The number of ether oxygens (including phenoxy) is 4. The number of benzene rings is 2. The van der Waals surface area contributed by atoms with Crippen molar-refractivity contribution < 1.29 is 133 Å². The molecule has 42 nitrogen and oxygen atoms in total. The first kappa shape index (κ1) is 124. The predicted molar refractivity (Wildman–Crippen MR) is 535 cm³/mol. The highest BCUT2D eigenvalue weighted by Crippen LogP contribution is 2.44. The van der Waals surface area contributed by atoms with Gasteiger partial charge in [0.2, 0.25) is 56.8 Å². The summed E-state index contributed by atoms with van der Waals surface area (Å²) in [6.07, 6.45) is 40.0. The number of aromatic amines is 1. The number of alkyl carbamates (subject to hydrolysis) is 1. The average molecular weight is 2090 g/mol. The summed E-state index contributed by atoms with van der Waals surface area (Å²) in [5, 5.41) is 53.8. The van der Waals surface area contributed by atoms with Gasteiger partial charge in [0.25, 0.3) is 5.91 Å².